The average Bonchev–Trinajstić information content (AvgIpc) is 3.30. The van der Waals surface area contributed by atoms with Crippen molar-refractivity contribution in [2.45, 2.75) is 39.2 Å². The van der Waals surface area contributed by atoms with Crippen LogP contribution in [-0.4, -0.2) is 44.3 Å². The van der Waals surface area contributed by atoms with E-state index in [-0.39, 0.29) is 0 Å². The molecular weight excluding hydrogens is 332 g/mol. The van der Waals surface area contributed by atoms with E-state index < -0.39 is 0 Å². The lowest BCUT2D eigenvalue weighted by Gasteiger charge is -2.26. The van der Waals surface area contributed by atoms with Crippen molar-refractivity contribution in [1.29, 1.82) is 0 Å². The zero-order valence-corrected chi connectivity index (χ0v) is 15.4. The van der Waals surface area contributed by atoms with Gasteiger partial charge in [-0.3, -0.25) is 4.68 Å². The van der Waals surface area contributed by atoms with Crippen molar-refractivity contribution in [3.63, 3.8) is 0 Å². The fraction of sp³-hybridized carbons (Fsp3) is 0.500. The molecule has 0 aliphatic carbocycles. The van der Waals surface area contributed by atoms with E-state index in [0.29, 0.717) is 0 Å². The zero-order chi connectivity index (χ0) is 17.1. The molecule has 4 rings (SSSR count). The molecule has 0 unspecified atom stereocenters. The Balaban J connectivity index is 1.45. The van der Waals surface area contributed by atoms with E-state index >= 15 is 0 Å². The lowest BCUT2D eigenvalue weighted by molar-refractivity contribution is 0.218. The Morgan fingerprint density at radius 1 is 1.16 bits per heavy atom. The summed E-state index contributed by atoms with van der Waals surface area (Å²) in [5.74, 6) is 1.74. The number of hydrogen-bond donors (Lipinski definition) is 1. The molecule has 3 aromatic heterocycles. The molecular formula is C18H24N6S. The third-order valence-electron chi connectivity index (χ3n) is 4.68. The van der Waals surface area contributed by atoms with Crippen LogP contribution in [0.25, 0.3) is 10.2 Å². The second kappa shape index (κ2) is 7.49. The SMILES string of the molecule is CCc1nc(Nc2cnn(CCN3CCCCC3)c2)c2ccsc2n1. The third kappa shape index (κ3) is 3.82. The van der Waals surface area contributed by atoms with Crippen LogP contribution in [0.15, 0.2) is 23.8 Å². The highest BCUT2D eigenvalue weighted by Gasteiger charge is 2.11. The van der Waals surface area contributed by atoms with Crippen molar-refractivity contribution < 1.29 is 0 Å². The number of thiophene rings is 1. The van der Waals surface area contributed by atoms with Crippen LogP contribution in [0.2, 0.25) is 0 Å². The van der Waals surface area contributed by atoms with Crippen LogP contribution in [-0.2, 0) is 13.0 Å². The molecule has 3 aromatic rings. The second-order valence-corrected chi connectivity index (χ2v) is 7.40. The Morgan fingerprint density at radius 2 is 2.04 bits per heavy atom. The quantitative estimate of drug-likeness (QED) is 0.730. The lowest BCUT2D eigenvalue weighted by Crippen LogP contribution is -2.32. The summed E-state index contributed by atoms with van der Waals surface area (Å²) in [5, 5.41) is 11.1. The Bertz CT molecular complexity index is 833. The first kappa shape index (κ1) is 16.5. The Hall–Kier alpha value is -1.99. The molecule has 7 heteroatoms. The van der Waals surface area contributed by atoms with Crippen LogP contribution in [0.1, 0.15) is 32.0 Å². The molecule has 4 heterocycles. The summed E-state index contributed by atoms with van der Waals surface area (Å²) >= 11 is 1.65. The van der Waals surface area contributed by atoms with E-state index in [9.17, 15) is 0 Å². The van der Waals surface area contributed by atoms with Crippen LogP contribution in [0.3, 0.4) is 0 Å². The predicted molar refractivity (Wildman–Crippen MR) is 103 cm³/mol. The van der Waals surface area contributed by atoms with Gasteiger partial charge in [-0.1, -0.05) is 13.3 Å². The van der Waals surface area contributed by atoms with E-state index in [0.717, 1.165) is 47.1 Å². The maximum Gasteiger partial charge on any atom is 0.142 e. The number of nitrogens with zero attached hydrogens (tertiary/aromatic N) is 5. The monoisotopic (exact) mass is 356 g/mol. The predicted octanol–water partition coefficient (Wildman–Crippen LogP) is 3.68. The minimum Gasteiger partial charge on any atom is -0.337 e. The van der Waals surface area contributed by atoms with E-state index in [1.165, 1.54) is 32.4 Å². The van der Waals surface area contributed by atoms with Crippen molar-refractivity contribution in [2.75, 3.05) is 25.0 Å². The smallest absolute Gasteiger partial charge is 0.142 e. The van der Waals surface area contributed by atoms with Crippen LogP contribution in [0.5, 0.6) is 0 Å². The first-order valence-electron chi connectivity index (χ1n) is 9.08. The highest BCUT2D eigenvalue weighted by molar-refractivity contribution is 7.16. The molecule has 0 radical (unpaired) electrons. The number of likely N-dealkylation sites (tertiary alicyclic amines) is 1. The summed E-state index contributed by atoms with van der Waals surface area (Å²) in [4.78, 5) is 12.8. The molecule has 1 aliphatic heterocycles. The summed E-state index contributed by atoms with van der Waals surface area (Å²) in [5.41, 5.74) is 0.979. The summed E-state index contributed by atoms with van der Waals surface area (Å²) in [7, 11) is 0. The largest absolute Gasteiger partial charge is 0.337 e. The molecule has 25 heavy (non-hydrogen) atoms. The van der Waals surface area contributed by atoms with E-state index in [4.69, 9.17) is 0 Å². The van der Waals surface area contributed by atoms with Gasteiger partial charge in [0.25, 0.3) is 0 Å². The molecule has 132 valence electrons. The van der Waals surface area contributed by atoms with Crippen molar-refractivity contribution in [1.82, 2.24) is 24.6 Å². The first-order valence-corrected chi connectivity index (χ1v) is 9.96. The van der Waals surface area contributed by atoms with Crippen LogP contribution in [0.4, 0.5) is 11.5 Å². The molecule has 6 nitrogen and oxygen atoms in total. The van der Waals surface area contributed by atoms with E-state index in [1.807, 2.05) is 10.9 Å². The lowest BCUT2D eigenvalue weighted by atomic mass is 10.1. The second-order valence-electron chi connectivity index (χ2n) is 6.50. The van der Waals surface area contributed by atoms with Gasteiger partial charge in [-0.15, -0.1) is 11.3 Å². The van der Waals surface area contributed by atoms with Crippen molar-refractivity contribution in [3.8, 4) is 0 Å². The molecule has 0 amide bonds. The molecule has 1 N–H and O–H groups in total. The summed E-state index contributed by atoms with van der Waals surface area (Å²) in [6.45, 7) is 6.53. The topological polar surface area (TPSA) is 58.9 Å². The Labute approximate surface area is 151 Å². The Morgan fingerprint density at radius 3 is 2.88 bits per heavy atom. The molecule has 0 bridgehead atoms. The fourth-order valence-electron chi connectivity index (χ4n) is 3.27. The van der Waals surface area contributed by atoms with Crippen molar-refractivity contribution in [3.05, 3.63) is 29.7 Å². The highest BCUT2D eigenvalue weighted by atomic mass is 32.1. The number of nitrogens with one attached hydrogen (secondary N) is 1. The first-order chi connectivity index (χ1) is 12.3. The van der Waals surface area contributed by atoms with Crippen molar-refractivity contribution >= 4 is 33.1 Å². The minimum atomic E-state index is 0.831. The number of aromatic nitrogens is 4. The zero-order valence-electron chi connectivity index (χ0n) is 14.6. The van der Waals surface area contributed by atoms with Gasteiger partial charge in [0.1, 0.15) is 16.5 Å². The van der Waals surface area contributed by atoms with Crippen molar-refractivity contribution in [2.24, 2.45) is 0 Å². The number of aryl methyl sites for hydroxylation is 1. The van der Waals surface area contributed by atoms with E-state index in [2.05, 4.69) is 49.9 Å². The molecule has 1 saturated heterocycles. The average molecular weight is 356 g/mol. The summed E-state index contributed by atoms with van der Waals surface area (Å²) in [6, 6.07) is 2.07. The molecule has 0 aromatic carbocycles. The van der Waals surface area contributed by atoms with Gasteiger partial charge in [-0.25, -0.2) is 9.97 Å². The van der Waals surface area contributed by atoms with Gasteiger partial charge in [0.15, 0.2) is 0 Å². The van der Waals surface area contributed by atoms with Gasteiger partial charge in [0.05, 0.1) is 23.8 Å². The number of piperidine rings is 1. The Kier molecular flexibility index (Phi) is 4.94. The van der Waals surface area contributed by atoms with Gasteiger partial charge in [0, 0.05) is 19.2 Å². The maximum absolute atomic E-state index is 4.65. The van der Waals surface area contributed by atoms with Gasteiger partial charge < -0.3 is 10.2 Å². The number of rotatable bonds is 6. The van der Waals surface area contributed by atoms with Crippen LogP contribution in [0, 0.1) is 0 Å². The van der Waals surface area contributed by atoms with Crippen LogP contribution < -0.4 is 5.32 Å². The molecule has 0 saturated carbocycles. The highest BCUT2D eigenvalue weighted by Crippen LogP contribution is 2.27. The molecule has 1 aliphatic rings. The standard InChI is InChI=1S/C18H24N6S/c1-2-16-21-17(15-6-11-25-18(15)22-16)20-14-12-19-24(13-14)10-9-23-7-4-3-5-8-23/h6,11-13H,2-5,7-10H2,1H3,(H,20,21,22). The van der Waals surface area contributed by atoms with E-state index in [1.54, 1.807) is 11.3 Å². The summed E-state index contributed by atoms with van der Waals surface area (Å²) in [6.07, 6.45) is 8.81. The summed E-state index contributed by atoms with van der Waals surface area (Å²) < 4.78 is 2.02. The fourth-order valence-corrected chi connectivity index (χ4v) is 4.05. The van der Waals surface area contributed by atoms with Gasteiger partial charge in [-0.2, -0.15) is 5.10 Å². The van der Waals surface area contributed by atoms with Crippen LogP contribution >= 0.6 is 11.3 Å². The maximum atomic E-state index is 4.65. The normalized spacial score (nSPS) is 15.7. The number of anilines is 2. The minimum absolute atomic E-state index is 0.831. The number of fused-ring (bicyclic) bond motifs is 1. The number of hydrogen-bond acceptors (Lipinski definition) is 6. The van der Waals surface area contributed by atoms with Gasteiger partial charge in [0.2, 0.25) is 0 Å². The molecule has 1 fully saturated rings. The molecule has 0 spiro atoms. The van der Waals surface area contributed by atoms with Gasteiger partial charge in [-0.05, 0) is 37.4 Å². The third-order valence-corrected chi connectivity index (χ3v) is 5.48. The molecule has 0 atom stereocenters. The van der Waals surface area contributed by atoms with Gasteiger partial charge >= 0.3 is 0 Å².